The normalized spacial score (nSPS) is 12.1. The van der Waals surface area contributed by atoms with Crippen molar-refractivity contribution in [3.05, 3.63) is 0 Å². The van der Waals surface area contributed by atoms with Crippen LogP contribution in [0.1, 0.15) is 215 Å². The summed E-state index contributed by atoms with van der Waals surface area (Å²) in [7, 11) is -0.764. The van der Waals surface area contributed by atoms with Crippen molar-refractivity contribution in [1.29, 1.82) is 0 Å². The Hall–Kier alpha value is 0.700. The van der Waals surface area contributed by atoms with E-state index in [0.717, 1.165) is 31.0 Å². The number of hydrogen-bond acceptors (Lipinski definition) is 3. The molecule has 2 nitrogen and oxygen atoms in total. The summed E-state index contributed by atoms with van der Waals surface area (Å²) in [5.41, 5.74) is 0. The van der Waals surface area contributed by atoms with E-state index in [1.54, 1.807) is 0 Å². The molecule has 0 bridgehead atoms. The van der Waals surface area contributed by atoms with Crippen LogP contribution in [0.4, 0.5) is 0 Å². The van der Waals surface area contributed by atoms with Crippen LogP contribution < -0.4 is 0 Å². The van der Waals surface area contributed by atoms with Gasteiger partial charge in [-0.1, -0.05) is 207 Å². The summed E-state index contributed by atoms with van der Waals surface area (Å²) >= 11 is 1.98. The van der Waals surface area contributed by atoms with E-state index in [0.29, 0.717) is 0 Å². The Bertz CT molecular complexity index is 442. The van der Waals surface area contributed by atoms with Crippen LogP contribution in [0.2, 0.25) is 0 Å². The third kappa shape index (κ3) is 38.8. The first-order valence-electron chi connectivity index (χ1n) is 19.6. The van der Waals surface area contributed by atoms with Gasteiger partial charge in [-0.25, -0.2) is 0 Å². The van der Waals surface area contributed by atoms with Crippen molar-refractivity contribution in [3.8, 4) is 0 Å². The summed E-state index contributed by atoms with van der Waals surface area (Å²) < 4.78 is 12.7. The highest BCUT2D eigenvalue weighted by molar-refractivity contribution is 8.52. The quantitative estimate of drug-likeness (QED) is 0.0499. The fourth-order valence-corrected chi connectivity index (χ4v) is 8.67. The maximum Gasteiger partial charge on any atom is 0.238 e. The molecule has 0 saturated heterocycles. The highest BCUT2D eigenvalue weighted by Crippen LogP contribution is 2.52. The maximum absolute atomic E-state index is 6.33. The summed E-state index contributed by atoms with van der Waals surface area (Å²) in [6.45, 7) is 15.8. The topological polar surface area (TPSA) is 18.5 Å². The Labute approximate surface area is 278 Å². The van der Waals surface area contributed by atoms with Gasteiger partial charge in [-0.15, -0.1) is 0 Å². The molecule has 0 aliphatic carbocycles. The highest BCUT2D eigenvalue weighted by Gasteiger charge is 2.12. The van der Waals surface area contributed by atoms with E-state index < -0.39 is 7.58 Å². The Morgan fingerprint density at radius 1 is 0.349 bits per heavy atom. The lowest BCUT2D eigenvalue weighted by Crippen LogP contribution is -1.95. The molecule has 0 unspecified atom stereocenters. The number of unbranched alkanes of at least 4 members (excludes halogenated alkanes) is 21. The molecule has 0 fully saturated rings. The molecule has 0 aromatic heterocycles. The Morgan fingerprint density at radius 2 is 0.605 bits per heavy atom. The van der Waals surface area contributed by atoms with Crippen molar-refractivity contribution in [1.82, 2.24) is 0 Å². The van der Waals surface area contributed by atoms with Crippen molar-refractivity contribution in [2.75, 3.05) is 19.0 Å². The van der Waals surface area contributed by atoms with Gasteiger partial charge in [-0.05, 0) is 37.0 Å². The molecule has 0 aromatic carbocycles. The molecule has 0 N–H and O–H groups in total. The second kappa shape index (κ2) is 35.6. The predicted molar refractivity (Wildman–Crippen MR) is 200 cm³/mol. The van der Waals surface area contributed by atoms with Gasteiger partial charge in [-0.2, -0.15) is 0 Å². The van der Waals surface area contributed by atoms with Crippen LogP contribution in [0.3, 0.4) is 0 Å². The summed E-state index contributed by atoms with van der Waals surface area (Å²) in [5, 5.41) is 0. The third-order valence-corrected chi connectivity index (χ3v) is 11.9. The standard InChI is InChI=1S/C39H81O2PS/c1-37(2)31-25-19-13-7-10-16-22-28-34-40-42(41-35-29-23-17-11-8-14-20-26-32-38(3)4)43-36-30-24-18-12-9-15-21-27-33-39(5)6/h37-39H,7-36H2,1-6H3. The molecule has 0 amide bonds. The zero-order valence-corrected chi connectivity index (χ0v) is 32.3. The van der Waals surface area contributed by atoms with E-state index in [9.17, 15) is 0 Å². The summed E-state index contributed by atoms with van der Waals surface area (Å²) in [6, 6.07) is 0. The van der Waals surface area contributed by atoms with Gasteiger partial charge < -0.3 is 9.05 Å². The fourth-order valence-electron chi connectivity index (χ4n) is 5.67. The Morgan fingerprint density at radius 3 is 0.907 bits per heavy atom. The Kier molecular flexibility index (Phi) is 36.1. The van der Waals surface area contributed by atoms with Gasteiger partial charge in [0, 0.05) is 5.75 Å². The van der Waals surface area contributed by atoms with Crippen molar-refractivity contribution in [2.24, 2.45) is 17.8 Å². The summed E-state index contributed by atoms with van der Waals surface area (Å²) in [4.78, 5) is 0. The molecule has 0 spiro atoms. The molecule has 4 heteroatoms. The average Bonchev–Trinajstić information content (AvgIpc) is 2.96. The monoisotopic (exact) mass is 645 g/mol. The van der Waals surface area contributed by atoms with Gasteiger partial charge in [0.15, 0.2) is 0 Å². The van der Waals surface area contributed by atoms with Crippen LogP contribution in [-0.4, -0.2) is 19.0 Å². The van der Waals surface area contributed by atoms with Crippen molar-refractivity contribution in [2.45, 2.75) is 215 Å². The van der Waals surface area contributed by atoms with Crippen LogP contribution in [0.15, 0.2) is 0 Å². The first kappa shape index (κ1) is 43.7. The van der Waals surface area contributed by atoms with Crippen LogP contribution in [0.5, 0.6) is 0 Å². The van der Waals surface area contributed by atoms with Crippen LogP contribution in [0.25, 0.3) is 0 Å². The molecule has 0 radical (unpaired) electrons. The van der Waals surface area contributed by atoms with Gasteiger partial charge >= 0.3 is 0 Å². The minimum absolute atomic E-state index is 0.764. The van der Waals surface area contributed by atoms with E-state index in [4.69, 9.17) is 9.05 Å². The third-order valence-electron chi connectivity index (χ3n) is 8.62. The smallest absolute Gasteiger partial charge is 0.238 e. The first-order valence-corrected chi connectivity index (χ1v) is 22.4. The molecule has 0 aliphatic heterocycles. The maximum atomic E-state index is 6.33. The Balaban J connectivity index is 3.94. The van der Waals surface area contributed by atoms with Gasteiger partial charge in [0.1, 0.15) is 0 Å². The van der Waals surface area contributed by atoms with Crippen molar-refractivity contribution >= 4 is 19.0 Å². The van der Waals surface area contributed by atoms with Crippen molar-refractivity contribution in [3.63, 3.8) is 0 Å². The molecular weight excluding hydrogens is 563 g/mol. The summed E-state index contributed by atoms with van der Waals surface area (Å²) in [5.74, 6) is 3.80. The van der Waals surface area contributed by atoms with Gasteiger partial charge in [0.2, 0.25) is 7.58 Å². The van der Waals surface area contributed by atoms with Crippen LogP contribution >= 0.6 is 19.0 Å². The minimum atomic E-state index is -0.764. The molecule has 0 saturated carbocycles. The molecule has 0 aromatic rings. The van der Waals surface area contributed by atoms with E-state index in [1.165, 1.54) is 179 Å². The second-order valence-electron chi connectivity index (χ2n) is 14.8. The molecule has 0 aliphatic rings. The van der Waals surface area contributed by atoms with E-state index in [2.05, 4.69) is 41.5 Å². The largest absolute Gasteiger partial charge is 0.326 e. The highest BCUT2D eigenvalue weighted by atomic mass is 32.7. The molecule has 260 valence electrons. The number of rotatable bonds is 36. The van der Waals surface area contributed by atoms with Crippen molar-refractivity contribution < 1.29 is 9.05 Å². The average molecular weight is 645 g/mol. The molecule has 0 atom stereocenters. The predicted octanol–water partition coefficient (Wildman–Crippen LogP) is 15.5. The fraction of sp³-hybridized carbons (Fsp3) is 1.00. The minimum Gasteiger partial charge on any atom is -0.326 e. The summed E-state index contributed by atoms with van der Waals surface area (Å²) in [6.07, 6.45) is 37.4. The lowest BCUT2D eigenvalue weighted by Gasteiger charge is -2.17. The lowest BCUT2D eigenvalue weighted by atomic mass is 10.0. The van der Waals surface area contributed by atoms with E-state index >= 15 is 0 Å². The van der Waals surface area contributed by atoms with Gasteiger partial charge in [0.25, 0.3) is 0 Å². The zero-order chi connectivity index (χ0) is 31.6. The SMILES string of the molecule is CC(C)CCCCCCCCCCOP(OCCCCCCCCCCC(C)C)SCCCCCCCCCCC(C)C. The number of hydrogen-bond donors (Lipinski definition) is 0. The molecule has 0 heterocycles. The van der Waals surface area contributed by atoms with E-state index in [-0.39, 0.29) is 0 Å². The van der Waals surface area contributed by atoms with Crippen LogP contribution in [-0.2, 0) is 9.05 Å². The second-order valence-corrected chi connectivity index (χ2v) is 18.1. The molecule has 0 rings (SSSR count). The molecular formula is C39H81O2PS. The lowest BCUT2D eigenvalue weighted by molar-refractivity contribution is 0.251. The first-order chi connectivity index (χ1) is 20.9. The van der Waals surface area contributed by atoms with E-state index in [1.807, 2.05) is 11.4 Å². The van der Waals surface area contributed by atoms with Gasteiger partial charge in [0.05, 0.1) is 13.2 Å². The van der Waals surface area contributed by atoms with Crippen LogP contribution in [0, 0.1) is 17.8 Å². The zero-order valence-electron chi connectivity index (χ0n) is 30.6. The van der Waals surface area contributed by atoms with Gasteiger partial charge in [-0.3, -0.25) is 0 Å². The molecule has 43 heavy (non-hydrogen) atoms.